The molecule has 12 heavy (non-hydrogen) atoms. The molecule has 0 fully saturated rings. The number of hydrogen-bond donors (Lipinski definition) is 0. The summed E-state index contributed by atoms with van der Waals surface area (Å²) in [6.45, 7) is 5.09. The van der Waals surface area contributed by atoms with Crippen molar-refractivity contribution < 1.29 is 19.1 Å². The molecular formula is C8H12O4. The van der Waals surface area contributed by atoms with Gasteiger partial charge in [-0.15, -0.1) is 0 Å². The van der Waals surface area contributed by atoms with Gasteiger partial charge in [0.1, 0.15) is 0 Å². The first kappa shape index (κ1) is 10.7. The Hall–Kier alpha value is -1.32. The molecule has 0 rings (SSSR count). The number of ketones is 1. The maximum atomic E-state index is 10.6. The average Bonchev–Trinajstić information content (AvgIpc) is 2.10. The monoisotopic (exact) mass is 172 g/mol. The van der Waals surface area contributed by atoms with Gasteiger partial charge in [-0.1, -0.05) is 13.5 Å². The van der Waals surface area contributed by atoms with E-state index in [0.29, 0.717) is 6.61 Å². The Morgan fingerprint density at radius 2 is 2.08 bits per heavy atom. The van der Waals surface area contributed by atoms with E-state index < -0.39 is 6.16 Å². The molecule has 4 heteroatoms. The van der Waals surface area contributed by atoms with Gasteiger partial charge in [0.25, 0.3) is 0 Å². The molecule has 0 aromatic heterocycles. The zero-order valence-corrected chi connectivity index (χ0v) is 7.04. The van der Waals surface area contributed by atoms with Crippen LogP contribution >= 0.6 is 0 Å². The smallest absolute Gasteiger partial charge is 0.434 e. The summed E-state index contributed by atoms with van der Waals surface area (Å²) in [5.41, 5.74) is 0. The lowest BCUT2D eigenvalue weighted by Gasteiger charge is -2.02. The van der Waals surface area contributed by atoms with Crippen molar-refractivity contribution in [2.75, 3.05) is 13.2 Å². The fourth-order valence-corrected chi connectivity index (χ4v) is 0.416. The van der Waals surface area contributed by atoms with Crippen molar-refractivity contribution in [3.05, 3.63) is 12.7 Å². The van der Waals surface area contributed by atoms with Gasteiger partial charge < -0.3 is 9.47 Å². The second-order valence-electron chi connectivity index (χ2n) is 2.06. The zero-order valence-electron chi connectivity index (χ0n) is 7.04. The molecule has 0 aliphatic carbocycles. The summed E-state index contributed by atoms with van der Waals surface area (Å²) < 4.78 is 8.95. The average molecular weight is 172 g/mol. The van der Waals surface area contributed by atoms with Crippen molar-refractivity contribution in [2.24, 2.45) is 0 Å². The lowest BCUT2D eigenvalue weighted by molar-refractivity contribution is -0.118. The van der Waals surface area contributed by atoms with Crippen LogP contribution in [0.4, 0.5) is 4.79 Å². The van der Waals surface area contributed by atoms with Crippen LogP contribution in [0.25, 0.3) is 0 Å². The molecule has 0 bridgehead atoms. The van der Waals surface area contributed by atoms with Gasteiger partial charge in [-0.3, -0.25) is 4.79 Å². The second-order valence-corrected chi connectivity index (χ2v) is 2.06. The van der Waals surface area contributed by atoms with Crippen LogP contribution in [0.5, 0.6) is 0 Å². The summed E-state index contributed by atoms with van der Waals surface area (Å²) in [6.07, 6.45) is 1.00. The van der Waals surface area contributed by atoms with Gasteiger partial charge in [0, 0.05) is 0 Å². The molecule has 0 aromatic carbocycles. The zero-order chi connectivity index (χ0) is 9.40. The first-order valence-electron chi connectivity index (χ1n) is 3.65. The third-order valence-electron chi connectivity index (χ3n) is 0.984. The largest absolute Gasteiger partial charge is 0.508 e. The topological polar surface area (TPSA) is 52.6 Å². The van der Waals surface area contributed by atoms with Crippen LogP contribution in [0.3, 0.4) is 0 Å². The van der Waals surface area contributed by atoms with Crippen molar-refractivity contribution in [1.82, 2.24) is 0 Å². The van der Waals surface area contributed by atoms with Crippen LogP contribution in [0.1, 0.15) is 13.3 Å². The lowest BCUT2D eigenvalue weighted by Crippen LogP contribution is -2.13. The molecule has 4 nitrogen and oxygen atoms in total. The van der Waals surface area contributed by atoms with Crippen molar-refractivity contribution in [3.8, 4) is 0 Å². The summed E-state index contributed by atoms with van der Waals surface area (Å²) in [5, 5.41) is 0. The molecule has 68 valence electrons. The fraction of sp³-hybridized carbons (Fsp3) is 0.500. The Balaban J connectivity index is 3.43. The van der Waals surface area contributed by atoms with Crippen LogP contribution in [0, 0.1) is 0 Å². The van der Waals surface area contributed by atoms with E-state index >= 15 is 0 Å². The summed E-state index contributed by atoms with van der Waals surface area (Å²) in [4.78, 5) is 21.1. The summed E-state index contributed by atoms with van der Waals surface area (Å²) in [7, 11) is 0. The highest BCUT2D eigenvalue weighted by Crippen LogP contribution is 1.88. The van der Waals surface area contributed by atoms with E-state index in [1.807, 2.05) is 6.92 Å². The molecule has 0 saturated carbocycles. The number of carbonyl (C=O) groups is 2. The third kappa shape index (κ3) is 5.46. The van der Waals surface area contributed by atoms with E-state index in [-0.39, 0.29) is 12.4 Å². The van der Waals surface area contributed by atoms with Gasteiger partial charge >= 0.3 is 6.16 Å². The molecule has 0 aromatic rings. The van der Waals surface area contributed by atoms with E-state index in [4.69, 9.17) is 0 Å². The Labute approximate surface area is 71.2 Å². The number of carbonyl (C=O) groups excluding carboxylic acids is 2. The van der Waals surface area contributed by atoms with Crippen molar-refractivity contribution in [3.63, 3.8) is 0 Å². The first-order chi connectivity index (χ1) is 5.70. The summed E-state index contributed by atoms with van der Waals surface area (Å²) >= 11 is 0. The van der Waals surface area contributed by atoms with Gasteiger partial charge in [0.15, 0.2) is 12.4 Å². The minimum Gasteiger partial charge on any atom is -0.434 e. The Kier molecular flexibility index (Phi) is 5.69. The molecule has 0 aliphatic rings. The predicted molar refractivity (Wildman–Crippen MR) is 42.8 cm³/mol. The third-order valence-corrected chi connectivity index (χ3v) is 0.984. The van der Waals surface area contributed by atoms with Crippen molar-refractivity contribution in [1.29, 1.82) is 0 Å². The molecular weight excluding hydrogens is 160 g/mol. The molecule has 0 spiro atoms. The van der Waals surface area contributed by atoms with Crippen molar-refractivity contribution >= 4 is 11.9 Å². The second kappa shape index (κ2) is 6.39. The molecule has 0 unspecified atom stereocenters. The van der Waals surface area contributed by atoms with E-state index in [0.717, 1.165) is 12.5 Å². The van der Waals surface area contributed by atoms with Gasteiger partial charge in [0.05, 0.1) is 6.61 Å². The minimum atomic E-state index is -0.813. The quantitative estimate of drug-likeness (QED) is 0.463. The Bertz CT molecular complexity index is 174. The molecule has 0 saturated heterocycles. The van der Waals surface area contributed by atoms with Crippen LogP contribution < -0.4 is 0 Å². The van der Waals surface area contributed by atoms with E-state index in [1.54, 1.807) is 0 Å². The standard InChI is InChI=1S/C8H12O4/c1-3-5-11-8(10)12-6-7(9)4-2/h4H,2-3,5-6H2,1H3. The minimum absolute atomic E-state index is 0.300. The molecule has 0 radical (unpaired) electrons. The van der Waals surface area contributed by atoms with Crippen LogP contribution in [-0.4, -0.2) is 25.2 Å². The van der Waals surface area contributed by atoms with Crippen molar-refractivity contribution in [2.45, 2.75) is 13.3 Å². The highest BCUT2D eigenvalue weighted by atomic mass is 16.7. The van der Waals surface area contributed by atoms with Gasteiger partial charge in [-0.25, -0.2) is 4.79 Å². The maximum absolute atomic E-state index is 10.6. The predicted octanol–water partition coefficient (Wildman–Crippen LogP) is 1.30. The first-order valence-corrected chi connectivity index (χ1v) is 3.65. The summed E-state index contributed by atoms with van der Waals surface area (Å²) in [6, 6.07) is 0. The van der Waals surface area contributed by atoms with Gasteiger partial charge in [-0.2, -0.15) is 0 Å². The molecule has 0 aliphatic heterocycles. The van der Waals surface area contributed by atoms with Gasteiger partial charge in [-0.05, 0) is 12.5 Å². The van der Waals surface area contributed by atoms with E-state index in [9.17, 15) is 9.59 Å². The molecule has 0 N–H and O–H groups in total. The van der Waals surface area contributed by atoms with Crippen LogP contribution in [0.15, 0.2) is 12.7 Å². The van der Waals surface area contributed by atoms with Crippen LogP contribution in [-0.2, 0) is 14.3 Å². The van der Waals surface area contributed by atoms with Crippen LogP contribution in [0.2, 0.25) is 0 Å². The highest BCUT2D eigenvalue weighted by Gasteiger charge is 2.04. The number of ether oxygens (including phenoxy) is 2. The highest BCUT2D eigenvalue weighted by molar-refractivity contribution is 5.91. The SMILES string of the molecule is C=CC(=O)COC(=O)OCCC. The Morgan fingerprint density at radius 3 is 2.58 bits per heavy atom. The molecule has 0 atom stereocenters. The molecule has 0 amide bonds. The summed E-state index contributed by atoms with van der Waals surface area (Å²) in [5.74, 6) is -0.344. The van der Waals surface area contributed by atoms with E-state index in [2.05, 4.69) is 16.1 Å². The maximum Gasteiger partial charge on any atom is 0.508 e. The molecule has 0 heterocycles. The van der Waals surface area contributed by atoms with Gasteiger partial charge in [0.2, 0.25) is 0 Å². The van der Waals surface area contributed by atoms with E-state index in [1.165, 1.54) is 0 Å². The number of rotatable bonds is 5. The Morgan fingerprint density at radius 1 is 1.42 bits per heavy atom. The lowest BCUT2D eigenvalue weighted by atomic mass is 10.4. The normalized spacial score (nSPS) is 8.75. The fourth-order valence-electron chi connectivity index (χ4n) is 0.416. The number of hydrogen-bond acceptors (Lipinski definition) is 4.